The summed E-state index contributed by atoms with van der Waals surface area (Å²) in [7, 11) is -1.54. The van der Waals surface area contributed by atoms with Gasteiger partial charge in [-0.05, 0) is 108 Å². The first-order valence-corrected chi connectivity index (χ1v) is 26.3. The molecule has 0 saturated carbocycles. The van der Waals surface area contributed by atoms with Crippen molar-refractivity contribution < 1.29 is 56.9 Å². The molecule has 0 bridgehead atoms. The Morgan fingerprint density at radius 1 is 0.523 bits per heavy atom. The van der Waals surface area contributed by atoms with E-state index in [4.69, 9.17) is 28.4 Å². The van der Waals surface area contributed by atoms with Gasteiger partial charge in [0.1, 0.15) is 24.3 Å². The molecule has 0 rings (SSSR count). The maximum absolute atomic E-state index is 13.3. The number of carbonyl (C=O) groups excluding carboxylic acids is 4. The summed E-state index contributed by atoms with van der Waals surface area (Å²) in [5, 5.41) is 20.0. The third kappa shape index (κ3) is 40.2. The number of ether oxygens (including phenoxy) is 3. The smallest absolute Gasteiger partial charge is 0.331 e. The average molecular weight is 949 g/mol. The topological polar surface area (TPSA) is 217 Å². The van der Waals surface area contributed by atoms with E-state index in [1.165, 1.54) is 51.4 Å². The van der Waals surface area contributed by atoms with Crippen LogP contribution in [0.5, 0.6) is 0 Å². The van der Waals surface area contributed by atoms with E-state index in [2.05, 4.69) is 21.3 Å². The molecule has 0 aliphatic rings. The largest absolute Gasteiger partial charge is 0.480 e. The molecule has 65 heavy (non-hydrogen) atoms. The summed E-state index contributed by atoms with van der Waals surface area (Å²) in [5.41, 5.74) is -1.76. The maximum atomic E-state index is 13.3. The number of unbranched alkanes of at least 4 members (excludes halogenated alkanes) is 15. The number of carboxylic acids is 1. The van der Waals surface area contributed by atoms with E-state index >= 15 is 0 Å². The molecule has 16 nitrogen and oxygen atoms in total. The molecule has 0 radical (unpaired) electrons. The van der Waals surface area contributed by atoms with Crippen molar-refractivity contribution in [1.82, 2.24) is 21.3 Å². The molecule has 0 fully saturated rings. The van der Waals surface area contributed by atoms with E-state index in [-0.39, 0.29) is 63.5 Å². The number of aliphatic carboxylic acids is 1. The average Bonchev–Trinajstić information content (AvgIpc) is 3.17. The van der Waals surface area contributed by atoms with Crippen molar-refractivity contribution in [2.45, 2.75) is 226 Å². The molecule has 0 unspecified atom stereocenters. The Hall–Kier alpha value is -2.62. The number of likely N-dealkylation sites (N-methyl/N-ethyl adjacent to an activating group) is 1. The summed E-state index contributed by atoms with van der Waals surface area (Å²) in [6.45, 7) is 18.0. The van der Waals surface area contributed by atoms with Crippen LogP contribution in [0, 0.1) is 0 Å². The van der Waals surface area contributed by atoms with Gasteiger partial charge in [0.25, 0.3) is 0 Å². The fourth-order valence-electron chi connectivity index (χ4n) is 6.88. The van der Waals surface area contributed by atoms with Gasteiger partial charge in [-0.2, -0.15) is 0 Å². The molecule has 382 valence electrons. The van der Waals surface area contributed by atoms with Gasteiger partial charge in [-0.3, -0.25) is 23.7 Å². The minimum atomic E-state index is -3.14. The molecule has 17 heteroatoms. The van der Waals surface area contributed by atoms with Crippen LogP contribution >= 0.6 is 7.60 Å². The molecule has 5 N–H and O–H groups in total. The van der Waals surface area contributed by atoms with E-state index in [0.717, 1.165) is 44.9 Å². The van der Waals surface area contributed by atoms with E-state index in [1.54, 1.807) is 27.8 Å². The highest BCUT2D eigenvalue weighted by atomic mass is 31.2. The van der Waals surface area contributed by atoms with Gasteiger partial charge in [-0.15, -0.1) is 0 Å². The van der Waals surface area contributed by atoms with E-state index in [0.29, 0.717) is 38.4 Å². The van der Waals surface area contributed by atoms with Crippen LogP contribution in [0.1, 0.15) is 197 Å². The molecule has 0 spiro atoms. The van der Waals surface area contributed by atoms with Crippen LogP contribution in [-0.4, -0.2) is 116 Å². The first kappa shape index (κ1) is 62.4. The Bertz CT molecular complexity index is 1340. The van der Waals surface area contributed by atoms with Crippen LogP contribution in [0.15, 0.2) is 0 Å². The Morgan fingerprint density at radius 3 is 1.51 bits per heavy atom. The lowest BCUT2D eigenvalue weighted by molar-refractivity contribution is -0.159. The first-order chi connectivity index (χ1) is 30.4. The number of amides is 3. The number of hydrogen-bond acceptors (Lipinski definition) is 12. The van der Waals surface area contributed by atoms with E-state index in [1.807, 2.05) is 41.5 Å². The molecule has 0 aliphatic carbocycles. The van der Waals surface area contributed by atoms with Crippen molar-refractivity contribution >= 4 is 37.3 Å². The molecule has 0 heterocycles. The normalized spacial score (nSPS) is 13.3. The third-order valence-corrected chi connectivity index (χ3v) is 12.4. The lowest BCUT2D eigenvalue weighted by Gasteiger charge is -2.32. The summed E-state index contributed by atoms with van der Waals surface area (Å²) in [4.78, 5) is 61.2. The van der Waals surface area contributed by atoms with Gasteiger partial charge >= 0.3 is 19.5 Å². The molecule has 0 aromatic heterocycles. The Morgan fingerprint density at radius 2 is 1.02 bits per heavy atom. The van der Waals surface area contributed by atoms with Crippen molar-refractivity contribution in [3.8, 4) is 0 Å². The number of esters is 1. The van der Waals surface area contributed by atoms with Crippen LogP contribution in [-0.2, 0) is 51.8 Å². The van der Waals surface area contributed by atoms with Gasteiger partial charge in [0, 0.05) is 25.9 Å². The van der Waals surface area contributed by atoms with Crippen LogP contribution in [0.25, 0.3) is 0 Å². The predicted molar refractivity (Wildman–Crippen MR) is 257 cm³/mol. The van der Waals surface area contributed by atoms with Gasteiger partial charge in [0.2, 0.25) is 17.7 Å². The van der Waals surface area contributed by atoms with Crippen LogP contribution in [0.4, 0.5) is 0 Å². The summed E-state index contributed by atoms with van der Waals surface area (Å²) < 4.78 is 41.4. The lowest BCUT2D eigenvalue weighted by atomic mass is 10.0. The molecular weight excluding hydrogens is 856 g/mol. The highest BCUT2D eigenvalue weighted by Gasteiger charge is 2.34. The van der Waals surface area contributed by atoms with Crippen molar-refractivity contribution in [1.29, 1.82) is 0 Å². The summed E-state index contributed by atoms with van der Waals surface area (Å²) in [6.07, 6.45) is 19.5. The summed E-state index contributed by atoms with van der Waals surface area (Å²) >= 11 is 0. The zero-order valence-electron chi connectivity index (χ0n) is 42.3. The minimum Gasteiger partial charge on any atom is -0.480 e. The Balaban J connectivity index is 4.10. The Kier molecular flexibility index (Phi) is 34.1. The number of carbonyl (C=O) groups is 5. The number of rotatable bonds is 40. The second-order valence-corrected chi connectivity index (χ2v) is 22.1. The second kappa shape index (κ2) is 35.5. The lowest BCUT2D eigenvalue weighted by Crippen LogP contribution is -2.44. The van der Waals surface area contributed by atoms with Crippen LogP contribution in [0.2, 0.25) is 0 Å². The molecule has 3 amide bonds. The zero-order chi connectivity index (χ0) is 49.2. The number of carboxylic acid groups (broad SMARTS) is 1. The first-order valence-electron chi connectivity index (χ1n) is 24.6. The summed E-state index contributed by atoms with van der Waals surface area (Å²) in [5.74, 6) is -2.24. The molecule has 0 aliphatic heterocycles. The molecular formula is C48H93N4O12P. The zero-order valence-corrected chi connectivity index (χ0v) is 43.2. The second-order valence-electron chi connectivity index (χ2n) is 20.0. The molecule has 0 aromatic rings. The maximum Gasteiger partial charge on any atom is 0.331 e. The predicted octanol–water partition coefficient (Wildman–Crippen LogP) is 8.77. The fraction of sp³-hybridized carbons (Fsp3) is 0.896. The van der Waals surface area contributed by atoms with Gasteiger partial charge in [-0.1, -0.05) is 83.5 Å². The third-order valence-electron chi connectivity index (χ3n) is 9.91. The van der Waals surface area contributed by atoms with Gasteiger partial charge in [-0.25, -0.2) is 4.79 Å². The Labute approximate surface area is 393 Å². The number of hydrogen-bond donors (Lipinski definition) is 5. The molecule has 2 atom stereocenters. The molecule has 0 aromatic carbocycles. The standard InChI is InChI=1S/C48H93N4O12P/c1-46(2,3)62-45(58)40(30-31-41(53)51-33-34-60-35-36-61-38-43(55)50-32-26-25-28-39(49-10)44(56)57)52-42(54)29-24-22-20-18-16-14-12-11-13-15-17-19-21-23-27-37-65(59,63-47(4,5)6)64-48(7,8)9/h39-40,49H,11-38H2,1-10H3,(H,50,55)(H,51,53)(H,52,54)(H,56,57)/t39-,40-/m0/s1. The van der Waals surface area contributed by atoms with Gasteiger partial charge < -0.3 is 49.6 Å². The highest BCUT2D eigenvalue weighted by molar-refractivity contribution is 7.53. The van der Waals surface area contributed by atoms with Crippen LogP contribution in [0.3, 0.4) is 0 Å². The van der Waals surface area contributed by atoms with E-state index < -0.39 is 48.4 Å². The van der Waals surface area contributed by atoms with Crippen LogP contribution < -0.4 is 21.3 Å². The van der Waals surface area contributed by atoms with Crippen molar-refractivity contribution in [3.05, 3.63) is 0 Å². The fourth-order valence-corrected chi connectivity index (χ4v) is 9.38. The monoisotopic (exact) mass is 949 g/mol. The SMILES string of the molecule is CN[C@@H](CCCCNC(=O)COCCOCCNC(=O)CC[C@H](NC(=O)CCCCCCCCCCCCCCCCCP(=O)(OC(C)(C)C)OC(C)(C)C)C(=O)OC(C)(C)C)C(=O)O. The highest BCUT2D eigenvalue weighted by Crippen LogP contribution is 2.55. The van der Waals surface area contributed by atoms with Gasteiger partial charge in [0.15, 0.2) is 0 Å². The van der Waals surface area contributed by atoms with E-state index in [9.17, 15) is 28.5 Å². The summed E-state index contributed by atoms with van der Waals surface area (Å²) in [6, 6.07) is -1.52. The molecule has 0 saturated heterocycles. The van der Waals surface area contributed by atoms with Crippen molar-refractivity contribution in [3.63, 3.8) is 0 Å². The minimum absolute atomic E-state index is 0.0209. The quantitative estimate of drug-likeness (QED) is 0.0221. The van der Waals surface area contributed by atoms with Crippen molar-refractivity contribution in [2.24, 2.45) is 0 Å². The van der Waals surface area contributed by atoms with Gasteiger partial charge in [0.05, 0.1) is 37.2 Å². The number of nitrogens with one attached hydrogen (secondary N) is 4. The van der Waals surface area contributed by atoms with Crippen molar-refractivity contribution in [2.75, 3.05) is 52.7 Å².